The van der Waals surface area contributed by atoms with Crippen molar-refractivity contribution in [3.8, 4) is 83.8 Å². The van der Waals surface area contributed by atoms with E-state index in [1.165, 1.54) is 167 Å². The van der Waals surface area contributed by atoms with Crippen LogP contribution in [0.15, 0.2) is 504 Å². The van der Waals surface area contributed by atoms with Crippen LogP contribution in [0.5, 0.6) is 0 Å². The summed E-state index contributed by atoms with van der Waals surface area (Å²) < 4.78 is 20.9. The first-order chi connectivity index (χ1) is 69.6. The highest BCUT2D eigenvalue weighted by atomic mass is 19.1. The van der Waals surface area contributed by atoms with E-state index in [0.29, 0.717) is 0 Å². The SMILES string of the molecule is CC1(C)c2ccccc2-c2ccc(N(c3ccc(-c4ccccc4)cc3)c3ccc4c(c3)c3ccccc3n4-c3ccc(F)cc3)cc21.CC1(C)c2ccccc2-c2ccc(N(c3ccc(-c4ccccc4)cc3)c3ccc4c(c3)c3ccccc3n4-c3ccccc3)cc21.CC1(C)c2ccccc2-c2ccc(N(c3cccc(-c4ccccc4)c3)c3ccc4c(c3)c3ccccc3n4-c3ccccc3)cc21. The van der Waals surface area contributed by atoms with Crippen molar-refractivity contribution in [3.63, 3.8) is 0 Å². The lowest BCUT2D eigenvalue weighted by molar-refractivity contribution is 0.627. The Bertz CT molecular complexity index is 8980. The highest BCUT2D eigenvalue weighted by Crippen LogP contribution is 2.56. The summed E-state index contributed by atoms with van der Waals surface area (Å²) in [5.74, 6) is -0.239. The van der Waals surface area contributed by atoms with E-state index in [0.717, 1.165) is 78.7 Å². The van der Waals surface area contributed by atoms with Crippen LogP contribution < -0.4 is 14.7 Å². The molecule has 0 atom stereocenters. The predicted molar refractivity (Wildman–Crippen MR) is 595 cm³/mol. The first-order valence-electron chi connectivity index (χ1n) is 49.2. The fraction of sp³-hybridized carbons (Fsp3) is 0.0667. The molecule has 27 rings (SSSR count). The van der Waals surface area contributed by atoms with E-state index in [1.807, 2.05) is 12.1 Å². The van der Waals surface area contributed by atoms with E-state index in [9.17, 15) is 4.39 Å². The highest BCUT2D eigenvalue weighted by molar-refractivity contribution is 6.14. The molecule has 21 aromatic carbocycles. The van der Waals surface area contributed by atoms with Gasteiger partial charge in [-0.25, -0.2) is 4.39 Å². The number of aromatic nitrogens is 3. The molecule has 0 unspecified atom stereocenters. The van der Waals surface area contributed by atoms with Crippen LogP contribution in [0.4, 0.5) is 55.6 Å². The molecule has 0 saturated carbocycles. The number of hydrogen-bond donors (Lipinski definition) is 0. The largest absolute Gasteiger partial charge is 0.310 e. The zero-order valence-electron chi connectivity index (χ0n) is 80.0. The number of rotatable bonds is 15. The first kappa shape index (κ1) is 86.0. The van der Waals surface area contributed by atoms with Crippen molar-refractivity contribution >= 4 is 117 Å². The maximum atomic E-state index is 13.9. The molecule has 7 heteroatoms. The Morgan fingerprint density at radius 1 is 0.162 bits per heavy atom. The molecule has 3 aromatic heterocycles. The summed E-state index contributed by atoms with van der Waals surface area (Å²) in [5, 5.41) is 7.27. The molecule has 0 N–H and O–H groups in total. The van der Waals surface area contributed by atoms with Gasteiger partial charge in [-0.3, -0.25) is 0 Å². The number of hydrogen-bond acceptors (Lipinski definition) is 3. The van der Waals surface area contributed by atoms with Gasteiger partial charge in [0.25, 0.3) is 0 Å². The van der Waals surface area contributed by atoms with Crippen molar-refractivity contribution in [2.75, 3.05) is 14.7 Å². The minimum atomic E-state index is -0.239. The van der Waals surface area contributed by atoms with Crippen molar-refractivity contribution in [3.05, 3.63) is 543 Å². The number of fused-ring (bicyclic) bond motifs is 18. The Balaban J connectivity index is 0.000000112. The molecule has 0 saturated heterocycles. The van der Waals surface area contributed by atoms with E-state index in [2.05, 4.69) is 549 Å². The van der Waals surface area contributed by atoms with Crippen LogP contribution in [0.2, 0.25) is 0 Å². The van der Waals surface area contributed by atoms with Crippen molar-refractivity contribution in [1.29, 1.82) is 0 Å². The molecule has 0 bridgehead atoms. The second-order valence-electron chi connectivity index (χ2n) is 39.3. The first-order valence-corrected chi connectivity index (χ1v) is 49.2. The maximum Gasteiger partial charge on any atom is 0.123 e. The lowest BCUT2D eigenvalue weighted by Gasteiger charge is -2.28. The van der Waals surface area contributed by atoms with Crippen LogP contribution in [-0.2, 0) is 16.2 Å². The average molecular weight is 1830 g/mol. The minimum absolute atomic E-state index is 0.0855. The standard InChI is InChI=1S/C45H33FN2.2C45H34N2/c1-45(2)41-14-8-6-12-37(41)38-26-24-36(29-42(38)45)47(33-20-16-31(17-21-33)30-10-4-3-5-11-30)35-25-27-44-40(28-35)39-13-7-9-15-43(39)48(44)34-22-18-32(46)19-23-34;1-45(2)41-22-11-9-20-37(41)38-26-24-36(30-42(38)45)46(34-19-13-16-32(28-34)31-14-5-3-6-15-31)35-25-27-44-40(29-35)39-21-10-12-23-43(39)47(44)33-17-7-4-8-18-33;1-45(2)41-19-11-9-17-37(41)38-27-25-36(30-42(38)45)46(34-23-21-32(22-24-34)31-13-5-3-6-14-31)35-26-28-44-40(29-35)39-18-10-12-20-43(39)47(44)33-15-7-4-8-16-33/h3-29H,1-2H3;2*3-30H,1-2H3. The summed E-state index contributed by atoms with van der Waals surface area (Å²) in [7, 11) is 0. The number of anilines is 9. The zero-order chi connectivity index (χ0) is 95.5. The minimum Gasteiger partial charge on any atom is -0.310 e. The normalized spacial score (nSPS) is 13.1. The van der Waals surface area contributed by atoms with Gasteiger partial charge in [0.1, 0.15) is 5.82 Å². The zero-order valence-corrected chi connectivity index (χ0v) is 80.0. The van der Waals surface area contributed by atoms with Crippen molar-refractivity contribution in [1.82, 2.24) is 13.7 Å². The van der Waals surface area contributed by atoms with Gasteiger partial charge in [0.15, 0.2) is 0 Å². The smallest absolute Gasteiger partial charge is 0.123 e. The molecule has 3 aliphatic rings. The fourth-order valence-electron chi connectivity index (χ4n) is 23.0. The van der Waals surface area contributed by atoms with Crippen molar-refractivity contribution < 1.29 is 4.39 Å². The van der Waals surface area contributed by atoms with Gasteiger partial charge in [0, 0.05) is 117 Å². The molecule has 3 aliphatic carbocycles. The lowest BCUT2D eigenvalue weighted by atomic mass is 9.82. The number of nitrogens with zero attached hydrogens (tertiary/aromatic N) is 6. The van der Waals surface area contributed by atoms with Crippen molar-refractivity contribution in [2.24, 2.45) is 0 Å². The van der Waals surface area contributed by atoms with E-state index in [-0.39, 0.29) is 22.1 Å². The molecule has 3 heterocycles. The van der Waals surface area contributed by atoms with E-state index in [4.69, 9.17) is 0 Å². The third-order valence-corrected chi connectivity index (χ3v) is 30.0. The van der Waals surface area contributed by atoms with Gasteiger partial charge in [0.05, 0.1) is 33.1 Å². The van der Waals surface area contributed by atoms with E-state index < -0.39 is 0 Å². The van der Waals surface area contributed by atoms with Crippen LogP contribution in [0.25, 0.3) is 149 Å². The quantitative estimate of drug-likeness (QED) is 0.102. The third-order valence-electron chi connectivity index (χ3n) is 30.0. The van der Waals surface area contributed by atoms with Crippen LogP contribution in [0, 0.1) is 5.82 Å². The molecule has 0 spiro atoms. The van der Waals surface area contributed by atoms with Gasteiger partial charge < -0.3 is 28.4 Å². The highest BCUT2D eigenvalue weighted by Gasteiger charge is 2.40. The molecule has 6 nitrogen and oxygen atoms in total. The average Bonchev–Trinajstić information content (AvgIpc) is 1.59. The second kappa shape index (κ2) is 34.8. The number of benzene rings is 21. The Morgan fingerprint density at radius 3 is 0.754 bits per heavy atom. The van der Waals surface area contributed by atoms with Gasteiger partial charge in [0.2, 0.25) is 0 Å². The molecule has 678 valence electrons. The fourth-order valence-corrected chi connectivity index (χ4v) is 23.0. The second-order valence-corrected chi connectivity index (χ2v) is 39.3. The predicted octanol–water partition coefficient (Wildman–Crippen LogP) is 36.8. The Kier molecular flexibility index (Phi) is 21.1. The van der Waals surface area contributed by atoms with Gasteiger partial charge in [-0.1, -0.05) is 351 Å². The summed E-state index contributed by atoms with van der Waals surface area (Å²) in [6.07, 6.45) is 0. The summed E-state index contributed by atoms with van der Waals surface area (Å²) in [6.45, 7) is 14.1. The molecule has 0 fully saturated rings. The molecule has 0 amide bonds. The van der Waals surface area contributed by atoms with Gasteiger partial charge in [-0.2, -0.15) is 0 Å². The summed E-state index contributed by atoms with van der Waals surface area (Å²) >= 11 is 0. The van der Waals surface area contributed by atoms with Gasteiger partial charge >= 0.3 is 0 Å². The summed E-state index contributed by atoms with van der Waals surface area (Å²) in [5.41, 5.74) is 43.5. The number of para-hydroxylation sites is 5. The Labute approximate surface area is 827 Å². The molecule has 24 aromatic rings. The molecular formula is C135H101FN6. The molecular weight excluding hydrogens is 1720 g/mol. The Morgan fingerprint density at radius 2 is 0.401 bits per heavy atom. The van der Waals surface area contributed by atoms with Crippen LogP contribution in [0.3, 0.4) is 0 Å². The topological polar surface area (TPSA) is 24.5 Å². The monoisotopic (exact) mass is 1820 g/mol. The van der Waals surface area contributed by atoms with Gasteiger partial charge in [-0.15, -0.1) is 0 Å². The third kappa shape index (κ3) is 14.7. The molecule has 0 aliphatic heterocycles. The maximum absolute atomic E-state index is 13.9. The van der Waals surface area contributed by atoms with Crippen molar-refractivity contribution in [2.45, 2.75) is 57.8 Å². The summed E-state index contributed by atoms with van der Waals surface area (Å²) in [6, 6.07) is 181. The van der Waals surface area contributed by atoms with Gasteiger partial charge in [-0.05, 0) is 294 Å². The molecule has 0 radical (unpaired) electrons. The summed E-state index contributed by atoms with van der Waals surface area (Å²) in [4.78, 5) is 7.22. The Hall–Kier alpha value is -17.7. The number of halogens is 1. The molecule has 142 heavy (non-hydrogen) atoms. The van der Waals surface area contributed by atoms with Crippen LogP contribution in [-0.4, -0.2) is 13.7 Å². The van der Waals surface area contributed by atoms with E-state index >= 15 is 0 Å². The lowest BCUT2D eigenvalue weighted by Crippen LogP contribution is -2.16. The van der Waals surface area contributed by atoms with E-state index in [1.54, 1.807) is 0 Å². The van der Waals surface area contributed by atoms with Crippen LogP contribution >= 0.6 is 0 Å². The van der Waals surface area contributed by atoms with Crippen LogP contribution in [0.1, 0.15) is 74.9 Å².